The summed E-state index contributed by atoms with van der Waals surface area (Å²) in [5.41, 5.74) is 3.87. The van der Waals surface area contributed by atoms with E-state index in [1.165, 1.54) is 16.7 Å². The largest absolute Gasteiger partial charge is 0.349 e. The van der Waals surface area contributed by atoms with Crippen molar-refractivity contribution in [1.29, 1.82) is 0 Å². The molecule has 0 fully saturated rings. The van der Waals surface area contributed by atoms with Crippen LogP contribution in [0.15, 0.2) is 60.7 Å². The van der Waals surface area contributed by atoms with Crippen LogP contribution in [0.5, 0.6) is 0 Å². The topological polar surface area (TPSA) is 29.1 Å². The molecule has 2 aromatic rings. The molecule has 1 atom stereocenters. The minimum absolute atomic E-state index is 0.134. The minimum atomic E-state index is 0.134. The van der Waals surface area contributed by atoms with Crippen molar-refractivity contribution >= 4 is 23.7 Å². The summed E-state index contributed by atoms with van der Waals surface area (Å²) in [5.74, 6) is 1.50. The third-order valence-electron chi connectivity index (χ3n) is 4.26. The number of thioether (sulfide) groups is 1. The average Bonchev–Trinajstić information content (AvgIpc) is 2.63. The second-order valence-corrected chi connectivity index (χ2v) is 7.07. The molecule has 0 radical (unpaired) electrons. The minimum Gasteiger partial charge on any atom is -0.349 e. The van der Waals surface area contributed by atoms with E-state index in [1.807, 2.05) is 18.2 Å². The van der Waals surface area contributed by atoms with Crippen molar-refractivity contribution in [1.82, 2.24) is 5.32 Å². The summed E-state index contributed by atoms with van der Waals surface area (Å²) in [4.78, 5) is 12.2. The van der Waals surface area contributed by atoms with Gasteiger partial charge in [-0.2, -0.15) is 0 Å². The van der Waals surface area contributed by atoms with Crippen LogP contribution in [-0.4, -0.2) is 17.4 Å². The van der Waals surface area contributed by atoms with Gasteiger partial charge in [0.2, 0.25) is 5.91 Å². The zero-order valence-electron chi connectivity index (χ0n) is 13.8. The first-order valence-corrected chi connectivity index (χ1v) is 9.65. The fourth-order valence-corrected chi connectivity index (χ4v) is 3.73. The number of carbonyl (C=O) groups excluding carboxylic acids is 1. The molecule has 0 saturated heterocycles. The van der Waals surface area contributed by atoms with Crippen LogP contribution < -0.4 is 5.32 Å². The van der Waals surface area contributed by atoms with Crippen molar-refractivity contribution in [3.63, 3.8) is 0 Å². The number of carbonyl (C=O) groups is 1. The van der Waals surface area contributed by atoms with Gasteiger partial charge in [-0.05, 0) is 36.0 Å². The van der Waals surface area contributed by atoms with Crippen molar-refractivity contribution < 1.29 is 4.79 Å². The lowest BCUT2D eigenvalue weighted by Gasteiger charge is -2.26. The van der Waals surface area contributed by atoms with Crippen LogP contribution in [0.2, 0.25) is 0 Å². The predicted octanol–water partition coefficient (Wildman–Crippen LogP) is 4.63. The Morgan fingerprint density at radius 3 is 2.79 bits per heavy atom. The number of rotatable bonds is 6. The first-order valence-electron chi connectivity index (χ1n) is 8.49. The lowest BCUT2D eigenvalue weighted by Crippen LogP contribution is -2.32. The lowest BCUT2D eigenvalue weighted by molar-refractivity contribution is -0.119. The Morgan fingerprint density at radius 2 is 1.92 bits per heavy atom. The number of aryl methyl sites for hydroxylation is 1. The van der Waals surface area contributed by atoms with Crippen LogP contribution in [0.25, 0.3) is 6.08 Å². The average molecular weight is 337 g/mol. The number of hydrogen-bond donors (Lipinski definition) is 1. The van der Waals surface area contributed by atoms with E-state index in [1.54, 1.807) is 11.8 Å². The number of benzene rings is 2. The molecule has 3 rings (SSSR count). The summed E-state index contributed by atoms with van der Waals surface area (Å²) in [6.07, 6.45) is 7.53. The molecule has 0 heterocycles. The summed E-state index contributed by atoms with van der Waals surface area (Å²) in [6.45, 7) is 0. The molecule has 0 bridgehead atoms. The number of nitrogens with one attached hydrogen (secondary N) is 1. The van der Waals surface area contributed by atoms with Crippen LogP contribution in [0.3, 0.4) is 0 Å². The molecule has 1 N–H and O–H groups in total. The van der Waals surface area contributed by atoms with Gasteiger partial charge in [0.1, 0.15) is 0 Å². The van der Waals surface area contributed by atoms with Crippen molar-refractivity contribution in [3.8, 4) is 0 Å². The van der Waals surface area contributed by atoms with Gasteiger partial charge in [-0.25, -0.2) is 0 Å². The molecule has 24 heavy (non-hydrogen) atoms. The van der Waals surface area contributed by atoms with E-state index in [0.29, 0.717) is 5.75 Å². The van der Waals surface area contributed by atoms with Crippen molar-refractivity contribution in [3.05, 3.63) is 77.4 Å². The van der Waals surface area contributed by atoms with Crippen molar-refractivity contribution in [2.45, 2.75) is 25.3 Å². The van der Waals surface area contributed by atoms with Crippen LogP contribution in [0.1, 0.15) is 35.6 Å². The van der Waals surface area contributed by atoms with Gasteiger partial charge in [0.05, 0.1) is 11.8 Å². The van der Waals surface area contributed by atoms with Crippen molar-refractivity contribution in [2.75, 3.05) is 11.5 Å². The summed E-state index contributed by atoms with van der Waals surface area (Å²) in [6, 6.07) is 18.9. The van der Waals surface area contributed by atoms with E-state index < -0.39 is 0 Å². The third-order valence-corrected chi connectivity index (χ3v) is 5.16. The summed E-state index contributed by atoms with van der Waals surface area (Å²) in [5, 5.41) is 3.20. The Kier molecular flexibility index (Phi) is 6.13. The van der Waals surface area contributed by atoms with Gasteiger partial charge >= 0.3 is 0 Å². The highest BCUT2D eigenvalue weighted by atomic mass is 32.2. The maximum atomic E-state index is 12.2. The number of fused-ring (bicyclic) bond motifs is 1. The van der Waals surface area contributed by atoms with Gasteiger partial charge in [-0.3, -0.25) is 4.79 Å². The first kappa shape index (κ1) is 16.8. The number of hydrogen-bond acceptors (Lipinski definition) is 2. The zero-order chi connectivity index (χ0) is 16.6. The second kappa shape index (κ2) is 8.74. The Morgan fingerprint density at radius 1 is 1.12 bits per heavy atom. The molecule has 1 aliphatic carbocycles. The Hall–Kier alpha value is -2.00. The van der Waals surface area contributed by atoms with Gasteiger partial charge in [0, 0.05) is 5.75 Å². The standard InChI is InChI=1S/C21H23NOS/c23-21(16-24-15-7-10-17-8-2-1-3-9-17)22-20-14-6-12-18-11-4-5-13-19(18)20/h1-5,7-11,13,20H,6,12,14-16H2,(H,22,23)/b10-7+/t20-/m1/s1. The van der Waals surface area contributed by atoms with Gasteiger partial charge in [-0.1, -0.05) is 66.7 Å². The second-order valence-electron chi connectivity index (χ2n) is 6.04. The van der Waals surface area contributed by atoms with E-state index in [-0.39, 0.29) is 11.9 Å². The van der Waals surface area contributed by atoms with Crippen LogP contribution in [-0.2, 0) is 11.2 Å². The van der Waals surface area contributed by atoms with Gasteiger partial charge in [-0.15, -0.1) is 11.8 Å². The molecule has 1 aliphatic rings. The molecule has 0 spiro atoms. The molecule has 1 amide bonds. The molecule has 0 aliphatic heterocycles. The van der Waals surface area contributed by atoms with E-state index in [0.717, 1.165) is 25.0 Å². The normalized spacial score (nSPS) is 16.8. The summed E-state index contributed by atoms with van der Waals surface area (Å²) < 4.78 is 0. The highest BCUT2D eigenvalue weighted by Crippen LogP contribution is 2.29. The first-order chi connectivity index (χ1) is 11.8. The molecule has 124 valence electrons. The van der Waals surface area contributed by atoms with Crippen molar-refractivity contribution in [2.24, 2.45) is 0 Å². The summed E-state index contributed by atoms with van der Waals surface area (Å²) >= 11 is 1.65. The highest BCUT2D eigenvalue weighted by molar-refractivity contribution is 8.00. The Labute approximate surface area is 148 Å². The maximum absolute atomic E-state index is 12.2. The number of amides is 1. The van der Waals surface area contributed by atoms with Crippen LogP contribution in [0, 0.1) is 0 Å². The molecule has 2 nitrogen and oxygen atoms in total. The zero-order valence-corrected chi connectivity index (χ0v) is 14.6. The van der Waals surface area contributed by atoms with Gasteiger partial charge < -0.3 is 5.32 Å². The van der Waals surface area contributed by atoms with Gasteiger partial charge in [0.15, 0.2) is 0 Å². The lowest BCUT2D eigenvalue weighted by atomic mass is 9.88. The predicted molar refractivity (Wildman–Crippen MR) is 103 cm³/mol. The molecular formula is C21H23NOS. The Bertz CT molecular complexity index is 696. The Balaban J connectivity index is 1.43. The molecule has 2 aromatic carbocycles. The fraction of sp³-hybridized carbons (Fsp3) is 0.286. The maximum Gasteiger partial charge on any atom is 0.230 e. The third kappa shape index (κ3) is 4.75. The molecule has 0 saturated carbocycles. The van der Waals surface area contributed by atoms with E-state index >= 15 is 0 Å². The molecule has 0 unspecified atom stereocenters. The SMILES string of the molecule is O=C(CSC/C=C/c1ccccc1)N[C@@H]1CCCc2ccccc21. The fourth-order valence-electron chi connectivity index (χ4n) is 3.11. The summed E-state index contributed by atoms with van der Waals surface area (Å²) in [7, 11) is 0. The van der Waals surface area contributed by atoms with Crippen LogP contribution >= 0.6 is 11.8 Å². The quantitative estimate of drug-likeness (QED) is 0.779. The highest BCUT2D eigenvalue weighted by Gasteiger charge is 2.20. The van der Waals surface area contributed by atoms with E-state index in [9.17, 15) is 4.79 Å². The van der Waals surface area contributed by atoms with E-state index in [4.69, 9.17) is 0 Å². The molecular weight excluding hydrogens is 314 g/mol. The van der Waals surface area contributed by atoms with E-state index in [2.05, 4.69) is 53.9 Å². The molecule has 0 aromatic heterocycles. The van der Waals surface area contributed by atoms with Gasteiger partial charge in [0.25, 0.3) is 0 Å². The molecule has 3 heteroatoms. The van der Waals surface area contributed by atoms with Crippen LogP contribution in [0.4, 0.5) is 0 Å². The smallest absolute Gasteiger partial charge is 0.230 e. The monoisotopic (exact) mass is 337 g/mol.